The van der Waals surface area contributed by atoms with Crippen LogP contribution in [0, 0.1) is 0 Å². The van der Waals surface area contributed by atoms with Crippen LogP contribution in [0.5, 0.6) is 0 Å². The van der Waals surface area contributed by atoms with E-state index in [2.05, 4.69) is 27.3 Å². The number of aromatic carboxylic acids is 1. The monoisotopic (exact) mass is 357 g/mol. The first-order valence-electron chi connectivity index (χ1n) is 7.73. The van der Waals surface area contributed by atoms with E-state index in [1.54, 1.807) is 24.4 Å². The number of benzene rings is 1. The van der Waals surface area contributed by atoms with Gasteiger partial charge in [-0.2, -0.15) is 5.10 Å². The molecule has 25 heavy (non-hydrogen) atoms. The van der Waals surface area contributed by atoms with Gasteiger partial charge in [-0.1, -0.05) is 36.7 Å². The fraction of sp³-hybridized carbons (Fsp3) is 0.176. The van der Waals surface area contributed by atoms with Crippen LogP contribution in [0.1, 0.15) is 23.7 Å². The first kappa shape index (κ1) is 16.9. The quantitative estimate of drug-likeness (QED) is 0.696. The molecule has 0 saturated heterocycles. The molecule has 0 fully saturated rings. The molecular weight excluding hydrogens is 342 g/mol. The van der Waals surface area contributed by atoms with Crippen LogP contribution in [-0.4, -0.2) is 30.8 Å². The van der Waals surface area contributed by atoms with E-state index in [4.69, 9.17) is 11.6 Å². The normalized spacial score (nSPS) is 10.6. The van der Waals surface area contributed by atoms with Crippen molar-refractivity contribution in [3.05, 3.63) is 53.4 Å². The predicted molar refractivity (Wildman–Crippen MR) is 95.2 cm³/mol. The third kappa shape index (κ3) is 3.77. The summed E-state index contributed by atoms with van der Waals surface area (Å²) in [6.45, 7) is 2.89. The number of aryl methyl sites for hydroxylation is 1. The predicted octanol–water partition coefficient (Wildman–Crippen LogP) is 3.85. The Morgan fingerprint density at radius 1 is 1.32 bits per heavy atom. The van der Waals surface area contributed by atoms with Crippen molar-refractivity contribution in [2.75, 3.05) is 5.32 Å². The van der Waals surface area contributed by atoms with Crippen molar-refractivity contribution in [2.45, 2.75) is 19.9 Å². The Morgan fingerprint density at radius 3 is 2.88 bits per heavy atom. The van der Waals surface area contributed by atoms with Gasteiger partial charge in [0.25, 0.3) is 0 Å². The molecule has 2 aromatic heterocycles. The van der Waals surface area contributed by atoms with E-state index in [9.17, 15) is 9.90 Å². The number of anilines is 2. The van der Waals surface area contributed by atoms with Gasteiger partial charge >= 0.3 is 5.97 Å². The molecule has 0 spiro atoms. The van der Waals surface area contributed by atoms with Gasteiger partial charge in [0.15, 0.2) is 0 Å². The zero-order valence-corrected chi connectivity index (χ0v) is 14.2. The van der Waals surface area contributed by atoms with Gasteiger partial charge in [-0.25, -0.2) is 14.8 Å². The number of nitrogens with zero attached hydrogens (tertiary/aromatic N) is 4. The van der Waals surface area contributed by atoms with Gasteiger partial charge in [-0.15, -0.1) is 0 Å². The summed E-state index contributed by atoms with van der Waals surface area (Å²) in [4.78, 5) is 20.0. The Hall–Kier alpha value is -2.93. The zero-order chi connectivity index (χ0) is 17.8. The van der Waals surface area contributed by atoms with Crippen LogP contribution in [0.3, 0.4) is 0 Å². The highest BCUT2D eigenvalue weighted by atomic mass is 35.5. The molecule has 0 aliphatic heterocycles. The molecule has 7 nitrogen and oxygen atoms in total. The van der Waals surface area contributed by atoms with Crippen LogP contribution in [0.2, 0.25) is 5.02 Å². The maximum atomic E-state index is 11.4. The third-order valence-electron chi connectivity index (χ3n) is 3.50. The Bertz CT molecular complexity index is 910. The van der Waals surface area contributed by atoms with E-state index in [1.165, 1.54) is 12.3 Å². The molecule has 2 N–H and O–H groups in total. The molecule has 0 bridgehead atoms. The van der Waals surface area contributed by atoms with Crippen LogP contribution < -0.4 is 5.32 Å². The third-order valence-corrected chi connectivity index (χ3v) is 3.78. The molecular formula is C17H16ClN5O2. The second-order valence-corrected chi connectivity index (χ2v) is 5.77. The number of carboxylic acids is 1. The minimum atomic E-state index is -1.04. The van der Waals surface area contributed by atoms with Gasteiger partial charge in [0.2, 0.25) is 5.95 Å². The number of carboxylic acid groups (broad SMARTS) is 1. The second-order valence-electron chi connectivity index (χ2n) is 5.36. The van der Waals surface area contributed by atoms with Crippen molar-refractivity contribution < 1.29 is 9.90 Å². The van der Waals surface area contributed by atoms with E-state index in [-0.39, 0.29) is 10.6 Å². The van der Waals surface area contributed by atoms with Gasteiger partial charge in [-0.3, -0.25) is 4.68 Å². The number of hydrogen-bond acceptors (Lipinski definition) is 5. The van der Waals surface area contributed by atoms with Crippen molar-refractivity contribution in [3.63, 3.8) is 0 Å². The average Bonchev–Trinajstić information content (AvgIpc) is 3.04. The summed E-state index contributed by atoms with van der Waals surface area (Å²) in [6.07, 6.45) is 5.96. The largest absolute Gasteiger partial charge is 0.478 e. The number of aromatic nitrogens is 4. The van der Waals surface area contributed by atoms with Crippen LogP contribution in [0.25, 0.3) is 11.3 Å². The molecule has 0 unspecified atom stereocenters. The molecule has 0 saturated carbocycles. The lowest BCUT2D eigenvalue weighted by molar-refractivity contribution is 0.0697. The van der Waals surface area contributed by atoms with Gasteiger partial charge in [0.05, 0.1) is 34.4 Å². The molecule has 1 aromatic carbocycles. The molecule has 8 heteroatoms. The van der Waals surface area contributed by atoms with E-state index < -0.39 is 5.97 Å². The fourth-order valence-electron chi connectivity index (χ4n) is 2.40. The minimum Gasteiger partial charge on any atom is -0.478 e. The number of nitrogens with one attached hydrogen (secondary N) is 1. The maximum Gasteiger partial charge on any atom is 0.336 e. The number of rotatable bonds is 6. The molecule has 3 rings (SSSR count). The van der Waals surface area contributed by atoms with Crippen molar-refractivity contribution >= 4 is 29.2 Å². The van der Waals surface area contributed by atoms with Crippen LogP contribution >= 0.6 is 11.6 Å². The molecule has 0 amide bonds. The summed E-state index contributed by atoms with van der Waals surface area (Å²) in [5.74, 6) is -0.726. The molecule has 3 aromatic rings. The summed E-state index contributed by atoms with van der Waals surface area (Å²) < 4.78 is 1.82. The number of hydrogen-bond donors (Lipinski definition) is 2. The Kier molecular flexibility index (Phi) is 4.95. The number of halogens is 1. The molecule has 0 aliphatic rings. The molecule has 0 aliphatic carbocycles. The smallest absolute Gasteiger partial charge is 0.336 e. The van der Waals surface area contributed by atoms with E-state index in [1.807, 2.05) is 10.9 Å². The van der Waals surface area contributed by atoms with Crippen molar-refractivity contribution in [1.82, 2.24) is 19.7 Å². The maximum absolute atomic E-state index is 11.4. The van der Waals surface area contributed by atoms with Gasteiger partial charge in [0, 0.05) is 18.3 Å². The van der Waals surface area contributed by atoms with Crippen molar-refractivity contribution in [2.24, 2.45) is 0 Å². The summed E-state index contributed by atoms with van der Waals surface area (Å²) >= 11 is 6.19. The molecule has 0 radical (unpaired) electrons. The Morgan fingerprint density at radius 2 is 2.12 bits per heavy atom. The van der Waals surface area contributed by atoms with Crippen LogP contribution in [0.15, 0.2) is 42.9 Å². The van der Waals surface area contributed by atoms with E-state index >= 15 is 0 Å². The number of carbonyl (C=O) groups is 1. The first-order chi connectivity index (χ1) is 12.1. The first-order valence-corrected chi connectivity index (χ1v) is 8.11. The lowest BCUT2D eigenvalue weighted by Gasteiger charge is -2.09. The van der Waals surface area contributed by atoms with Crippen LogP contribution in [0.4, 0.5) is 11.6 Å². The van der Waals surface area contributed by atoms with E-state index in [0.717, 1.165) is 18.7 Å². The molecule has 0 atom stereocenters. The summed E-state index contributed by atoms with van der Waals surface area (Å²) in [6, 6.07) is 6.57. The van der Waals surface area contributed by atoms with E-state index in [0.29, 0.717) is 17.2 Å². The van der Waals surface area contributed by atoms with Crippen molar-refractivity contribution in [1.29, 1.82) is 0 Å². The Labute approximate surface area is 149 Å². The van der Waals surface area contributed by atoms with Gasteiger partial charge < -0.3 is 10.4 Å². The molecule has 128 valence electrons. The summed E-state index contributed by atoms with van der Waals surface area (Å²) in [5.41, 5.74) is 1.67. The standard InChI is InChI=1S/C17H16ClN5O2/c1-2-7-23-10-11(8-20-23)21-17-19-9-14(18)15(22-17)12-5-3-4-6-13(12)16(24)25/h3-6,8-10H,2,7H2,1H3,(H,24,25)(H,19,21,22). The Balaban J connectivity index is 1.94. The topological polar surface area (TPSA) is 92.9 Å². The van der Waals surface area contributed by atoms with Gasteiger partial charge in [0.1, 0.15) is 0 Å². The minimum absolute atomic E-state index is 0.129. The lowest BCUT2D eigenvalue weighted by atomic mass is 10.0. The summed E-state index contributed by atoms with van der Waals surface area (Å²) in [5, 5.41) is 16.9. The highest BCUT2D eigenvalue weighted by Crippen LogP contribution is 2.29. The summed E-state index contributed by atoms with van der Waals surface area (Å²) in [7, 11) is 0. The second kappa shape index (κ2) is 7.31. The average molecular weight is 358 g/mol. The fourth-order valence-corrected chi connectivity index (χ4v) is 2.59. The zero-order valence-electron chi connectivity index (χ0n) is 13.5. The highest BCUT2D eigenvalue weighted by Gasteiger charge is 2.16. The molecule has 2 heterocycles. The van der Waals surface area contributed by atoms with Crippen molar-refractivity contribution in [3.8, 4) is 11.3 Å². The highest BCUT2D eigenvalue weighted by molar-refractivity contribution is 6.33. The van der Waals surface area contributed by atoms with Crippen LogP contribution in [-0.2, 0) is 6.54 Å². The lowest BCUT2D eigenvalue weighted by Crippen LogP contribution is -2.03. The SMILES string of the molecule is CCCn1cc(Nc2ncc(Cl)c(-c3ccccc3C(=O)O)n2)cn1. The van der Waals surface area contributed by atoms with Gasteiger partial charge in [-0.05, 0) is 12.5 Å².